The molecule has 3 nitrogen and oxygen atoms in total. The van der Waals surface area contributed by atoms with E-state index in [0.29, 0.717) is 0 Å². The minimum atomic E-state index is 0.849. The predicted molar refractivity (Wildman–Crippen MR) is 113 cm³/mol. The minimum absolute atomic E-state index is 0.849. The lowest BCUT2D eigenvalue weighted by molar-refractivity contribution is 0.776. The summed E-state index contributed by atoms with van der Waals surface area (Å²) >= 11 is 0. The van der Waals surface area contributed by atoms with Crippen molar-refractivity contribution in [2.24, 2.45) is 4.99 Å². The van der Waals surface area contributed by atoms with Gasteiger partial charge in [0.1, 0.15) is 0 Å². The maximum absolute atomic E-state index is 4.91. The Kier molecular flexibility index (Phi) is 4.13. The molecule has 3 aromatic carbocycles. The smallest absolute Gasteiger partial charge is 0.206 e. The fourth-order valence-electron chi connectivity index (χ4n) is 4.01. The van der Waals surface area contributed by atoms with Gasteiger partial charge in [0.25, 0.3) is 0 Å². The van der Waals surface area contributed by atoms with Crippen molar-refractivity contribution in [3.8, 4) is 11.1 Å². The zero-order valence-electron chi connectivity index (χ0n) is 15.4. The van der Waals surface area contributed by atoms with E-state index >= 15 is 0 Å². The van der Waals surface area contributed by atoms with E-state index in [4.69, 9.17) is 4.99 Å². The van der Waals surface area contributed by atoms with Crippen molar-refractivity contribution < 1.29 is 0 Å². The molecule has 2 aliphatic heterocycles. The molecular formula is C24H23N3. The van der Waals surface area contributed by atoms with Gasteiger partial charge in [-0.2, -0.15) is 0 Å². The highest BCUT2D eigenvalue weighted by Gasteiger charge is 2.32. The molecule has 5 rings (SSSR count). The number of benzene rings is 3. The van der Waals surface area contributed by atoms with Crippen LogP contribution in [0.2, 0.25) is 0 Å². The van der Waals surface area contributed by atoms with E-state index in [0.717, 1.165) is 25.6 Å². The molecule has 134 valence electrons. The highest BCUT2D eigenvalue weighted by atomic mass is 15.4. The van der Waals surface area contributed by atoms with Gasteiger partial charge in [-0.3, -0.25) is 4.99 Å². The number of rotatable bonds is 3. The Balaban J connectivity index is 1.45. The Hall–Kier alpha value is -3.07. The molecule has 0 aliphatic carbocycles. The molecule has 0 N–H and O–H groups in total. The minimum Gasteiger partial charge on any atom is -0.310 e. The van der Waals surface area contributed by atoms with Gasteiger partial charge >= 0.3 is 0 Å². The van der Waals surface area contributed by atoms with Crippen molar-refractivity contribution in [1.29, 1.82) is 0 Å². The van der Waals surface area contributed by atoms with Crippen molar-refractivity contribution in [3.05, 3.63) is 84.4 Å². The largest absolute Gasteiger partial charge is 0.310 e. The number of hydrogen-bond acceptors (Lipinski definition) is 3. The second kappa shape index (κ2) is 6.92. The Bertz CT molecular complexity index is 960. The molecule has 3 aromatic rings. The van der Waals surface area contributed by atoms with Gasteiger partial charge in [0.15, 0.2) is 0 Å². The summed E-state index contributed by atoms with van der Waals surface area (Å²) < 4.78 is 0. The highest BCUT2D eigenvalue weighted by molar-refractivity contribution is 6.16. The average Bonchev–Trinajstić information content (AvgIpc) is 2.88. The van der Waals surface area contributed by atoms with E-state index < -0.39 is 0 Å². The van der Waals surface area contributed by atoms with Gasteiger partial charge in [0.05, 0.1) is 17.9 Å². The van der Waals surface area contributed by atoms with Crippen molar-refractivity contribution in [1.82, 2.24) is 0 Å². The molecule has 0 aromatic heterocycles. The summed E-state index contributed by atoms with van der Waals surface area (Å²) in [6.45, 7) is 2.82. The molecular weight excluding hydrogens is 330 g/mol. The number of fused-ring (bicyclic) bond motifs is 3. The third-order valence-electron chi connectivity index (χ3n) is 5.39. The first kappa shape index (κ1) is 16.1. The van der Waals surface area contributed by atoms with Crippen LogP contribution in [0.4, 0.5) is 11.4 Å². The summed E-state index contributed by atoms with van der Waals surface area (Å²) in [6, 6.07) is 28.1. The van der Waals surface area contributed by atoms with Gasteiger partial charge in [0, 0.05) is 13.1 Å². The average molecular weight is 353 g/mol. The van der Waals surface area contributed by atoms with Crippen molar-refractivity contribution in [2.45, 2.75) is 19.4 Å². The molecule has 0 bridgehead atoms. The molecule has 2 heterocycles. The molecule has 0 saturated heterocycles. The second-order valence-electron chi connectivity index (χ2n) is 7.18. The normalized spacial score (nSPS) is 15.8. The topological polar surface area (TPSA) is 18.8 Å². The van der Waals surface area contributed by atoms with Gasteiger partial charge in [-0.15, -0.1) is 0 Å². The summed E-state index contributed by atoms with van der Waals surface area (Å²) in [7, 11) is 0. The van der Waals surface area contributed by atoms with Crippen molar-refractivity contribution >= 4 is 17.3 Å². The van der Waals surface area contributed by atoms with Crippen LogP contribution in [0.15, 0.2) is 83.9 Å². The third-order valence-corrected chi connectivity index (χ3v) is 5.39. The van der Waals surface area contributed by atoms with Crippen LogP contribution in [0.3, 0.4) is 0 Å². The number of guanidine groups is 1. The van der Waals surface area contributed by atoms with Crippen LogP contribution < -0.4 is 9.80 Å². The van der Waals surface area contributed by atoms with Crippen LogP contribution in [0, 0.1) is 0 Å². The number of nitrogens with zero attached hydrogens (tertiary/aromatic N) is 3. The van der Waals surface area contributed by atoms with E-state index in [1.54, 1.807) is 0 Å². The number of hydrogen-bond donors (Lipinski definition) is 0. The van der Waals surface area contributed by atoms with Gasteiger partial charge in [-0.1, -0.05) is 66.7 Å². The first-order valence-corrected chi connectivity index (χ1v) is 9.73. The molecule has 0 spiro atoms. The van der Waals surface area contributed by atoms with Crippen LogP contribution >= 0.6 is 0 Å². The first-order valence-electron chi connectivity index (χ1n) is 9.73. The third kappa shape index (κ3) is 2.99. The first-order chi connectivity index (χ1) is 13.4. The maximum atomic E-state index is 4.91. The summed E-state index contributed by atoms with van der Waals surface area (Å²) in [5.41, 5.74) is 6.38. The lowest BCUT2D eigenvalue weighted by Gasteiger charge is -2.22. The quantitative estimate of drug-likeness (QED) is 0.634. The highest BCUT2D eigenvalue weighted by Crippen LogP contribution is 2.39. The summed E-state index contributed by atoms with van der Waals surface area (Å²) in [4.78, 5) is 9.67. The van der Waals surface area contributed by atoms with E-state index in [1.165, 1.54) is 40.9 Å². The fraction of sp³-hybridized carbons (Fsp3) is 0.208. The number of para-hydroxylation sites is 2. The Morgan fingerprint density at radius 1 is 0.704 bits per heavy atom. The molecule has 0 saturated carbocycles. The van der Waals surface area contributed by atoms with Gasteiger partial charge in [-0.25, -0.2) is 0 Å². The number of aliphatic imine (C=N–C) groups is 1. The molecule has 0 unspecified atom stereocenters. The zero-order chi connectivity index (χ0) is 18.1. The standard InChI is InChI=1S/C24H23N3/c1-2-8-20(9-3-1)21-14-12-19(13-15-21)18-27-23-11-5-4-10-22(23)26-17-7-6-16-25-24(26)27/h1-5,8-15H,6-7,16-18H2. The number of anilines is 2. The van der Waals surface area contributed by atoms with E-state index in [2.05, 4.69) is 88.7 Å². The van der Waals surface area contributed by atoms with Crippen LogP contribution in [-0.4, -0.2) is 19.0 Å². The molecule has 0 fully saturated rings. The predicted octanol–water partition coefficient (Wildman–Crippen LogP) is 5.33. The molecule has 3 heteroatoms. The monoisotopic (exact) mass is 353 g/mol. The Labute approximate surface area is 160 Å². The van der Waals surface area contributed by atoms with Crippen LogP contribution in [-0.2, 0) is 6.54 Å². The van der Waals surface area contributed by atoms with Crippen molar-refractivity contribution in [2.75, 3.05) is 22.9 Å². The molecule has 0 radical (unpaired) electrons. The lowest BCUT2D eigenvalue weighted by atomic mass is 10.0. The second-order valence-corrected chi connectivity index (χ2v) is 7.18. The van der Waals surface area contributed by atoms with Crippen LogP contribution in [0.1, 0.15) is 18.4 Å². The zero-order valence-corrected chi connectivity index (χ0v) is 15.4. The van der Waals surface area contributed by atoms with Crippen LogP contribution in [0.5, 0.6) is 0 Å². The summed E-state index contributed by atoms with van der Waals surface area (Å²) in [6.07, 6.45) is 2.36. The van der Waals surface area contributed by atoms with Gasteiger partial charge in [0.2, 0.25) is 5.96 Å². The van der Waals surface area contributed by atoms with E-state index in [1.807, 2.05) is 0 Å². The van der Waals surface area contributed by atoms with Crippen molar-refractivity contribution in [3.63, 3.8) is 0 Å². The molecule has 27 heavy (non-hydrogen) atoms. The lowest BCUT2D eigenvalue weighted by Crippen LogP contribution is -2.38. The fourth-order valence-corrected chi connectivity index (χ4v) is 4.01. The van der Waals surface area contributed by atoms with Gasteiger partial charge < -0.3 is 9.80 Å². The van der Waals surface area contributed by atoms with Gasteiger partial charge in [-0.05, 0) is 41.7 Å². The molecule has 0 amide bonds. The molecule has 2 aliphatic rings. The summed E-state index contributed by atoms with van der Waals surface area (Å²) in [5, 5.41) is 0. The SMILES string of the molecule is c1ccc(-c2ccc(CN3C4=NCCCCN4c4ccccc43)cc2)cc1. The Morgan fingerprint density at radius 2 is 1.41 bits per heavy atom. The summed E-state index contributed by atoms with van der Waals surface area (Å²) in [5.74, 6) is 1.11. The van der Waals surface area contributed by atoms with E-state index in [-0.39, 0.29) is 0 Å². The Morgan fingerprint density at radius 3 is 2.22 bits per heavy atom. The molecule has 0 atom stereocenters. The van der Waals surface area contributed by atoms with E-state index in [9.17, 15) is 0 Å². The maximum Gasteiger partial charge on any atom is 0.206 e. The van der Waals surface area contributed by atoms with Crippen LogP contribution in [0.25, 0.3) is 11.1 Å².